The predicted molar refractivity (Wildman–Crippen MR) is 244 cm³/mol. The number of carbonyl (C=O) groups is 4. The van der Waals surface area contributed by atoms with E-state index in [2.05, 4.69) is 20.8 Å². The summed E-state index contributed by atoms with van der Waals surface area (Å²) >= 11 is 0. The molecule has 8 rings (SSSR count). The fourth-order valence-corrected chi connectivity index (χ4v) is 6.91. The van der Waals surface area contributed by atoms with Crippen LogP contribution in [0.1, 0.15) is 41.4 Å². The molecule has 2 heterocycles. The zero-order valence-electron chi connectivity index (χ0n) is 36.0. The van der Waals surface area contributed by atoms with Crippen LogP contribution in [0.25, 0.3) is 43.6 Å². The minimum absolute atomic E-state index is 0.226. The van der Waals surface area contributed by atoms with Crippen LogP contribution in [0, 0.1) is 0 Å². The van der Waals surface area contributed by atoms with E-state index in [9.17, 15) is 24.3 Å². The van der Waals surface area contributed by atoms with Crippen LogP contribution in [0.2, 0.25) is 0 Å². The van der Waals surface area contributed by atoms with Crippen molar-refractivity contribution in [2.75, 3.05) is 42.7 Å². The van der Waals surface area contributed by atoms with Crippen LogP contribution in [-0.2, 0) is 0 Å². The number of ether oxygens (including phenoxy) is 6. The summed E-state index contributed by atoms with van der Waals surface area (Å²) in [5, 5.41) is 12.1. The Morgan fingerprint density at radius 2 is 0.754 bits per heavy atom. The molecule has 6 aromatic carbocycles. The van der Waals surface area contributed by atoms with Crippen molar-refractivity contribution in [1.82, 2.24) is 26.2 Å². The number of hydrogen-bond donors (Lipinski definition) is 5. The maximum Gasteiger partial charge on any atom is 0.337 e. The van der Waals surface area contributed by atoms with Gasteiger partial charge in [-0.1, -0.05) is 72.8 Å². The molecule has 0 aliphatic heterocycles. The van der Waals surface area contributed by atoms with Gasteiger partial charge >= 0.3 is 5.97 Å². The molecule has 17 heteroatoms. The molecule has 0 atom stereocenters. The van der Waals surface area contributed by atoms with Gasteiger partial charge in [-0.15, -0.1) is 0 Å². The summed E-state index contributed by atoms with van der Waals surface area (Å²) in [6.45, 7) is 0. The molecule has 3 amide bonds. The van der Waals surface area contributed by atoms with Gasteiger partial charge in [0.15, 0.2) is 23.0 Å². The number of rotatable bonds is 10. The van der Waals surface area contributed by atoms with Crippen molar-refractivity contribution in [2.24, 2.45) is 5.84 Å². The Kier molecular flexibility index (Phi) is 14.7. The molecule has 0 saturated carbocycles. The lowest BCUT2D eigenvalue weighted by Crippen LogP contribution is -2.41. The largest absolute Gasteiger partial charge is 0.493 e. The highest BCUT2D eigenvalue weighted by Gasteiger charge is 2.21. The molecule has 332 valence electrons. The number of aromatic carboxylic acids is 1. The number of amides is 3. The third-order valence-electron chi connectivity index (χ3n) is 9.89. The van der Waals surface area contributed by atoms with E-state index in [0.29, 0.717) is 94.8 Å². The number of methoxy groups -OCH3 is 6. The number of carbonyl (C=O) groups excluding carboxylic acids is 3. The number of nitrogen functional groups attached to an aromatic ring is 1. The Labute approximate surface area is 371 Å². The van der Waals surface area contributed by atoms with E-state index in [1.165, 1.54) is 66.9 Å². The summed E-state index contributed by atoms with van der Waals surface area (Å²) in [7, 11) is 8.83. The van der Waals surface area contributed by atoms with Gasteiger partial charge < -0.3 is 33.5 Å². The molecule has 0 aliphatic rings. The van der Waals surface area contributed by atoms with E-state index < -0.39 is 23.7 Å². The number of pyridine rings is 2. The average Bonchev–Trinajstić information content (AvgIpc) is 3.35. The molecular weight excluding hydrogens is 837 g/mol. The van der Waals surface area contributed by atoms with Crippen molar-refractivity contribution in [3.8, 4) is 34.5 Å². The van der Waals surface area contributed by atoms with Gasteiger partial charge in [0.1, 0.15) is 0 Å². The van der Waals surface area contributed by atoms with Gasteiger partial charge in [-0.05, 0) is 48.5 Å². The molecule has 6 N–H and O–H groups in total. The molecule has 0 saturated heterocycles. The molecule has 0 bridgehead atoms. The van der Waals surface area contributed by atoms with E-state index in [-0.39, 0.29) is 5.56 Å². The van der Waals surface area contributed by atoms with E-state index in [1.807, 2.05) is 90.4 Å². The molecule has 0 spiro atoms. The summed E-state index contributed by atoms with van der Waals surface area (Å²) in [6.07, 6.45) is 0. The summed E-state index contributed by atoms with van der Waals surface area (Å²) in [4.78, 5) is 57.7. The summed E-state index contributed by atoms with van der Waals surface area (Å²) in [5.74, 6) is 4.96. The molecule has 0 radical (unpaired) electrons. The maximum atomic E-state index is 13.1. The molecule has 0 fully saturated rings. The van der Waals surface area contributed by atoms with Gasteiger partial charge in [-0.3, -0.25) is 30.7 Å². The lowest BCUT2D eigenvalue weighted by molar-refractivity contribution is 0.0700. The molecule has 0 aliphatic carbocycles. The highest BCUT2D eigenvalue weighted by Crippen LogP contribution is 2.39. The first kappa shape index (κ1) is 45.8. The topological polar surface area (TPSA) is 232 Å². The molecule has 0 unspecified atom stereocenters. The van der Waals surface area contributed by atoms with Gasteiger partial charge in [-0.25, -0.2) is 20.6 Å². The van der Waals surface area contributed by atoms with Crippen LogP contribution in [-0.4, -0.2) is 81.4 Å². The Bertz CT molecular complexity index is 2910. The number of nitrogens with zero attached hydrogens (tertiary/aromatic N) is 2. The van der Waals surface area contributed by atoms with Crippen LogP contribution in [0.15, 0.2) is 121 Å². The smallest absolute Gasteiger partial charge is 0.337 e. The first-order valence-electron chi connectivity index (χ1n) is 19.5. The number of carboxylic acids is 1. The lowest BCUT2D eigenvalue weighted by atomic mass is 10.0. The highest BCUT2D eigenvalue weighted by molar-refractivity contribution is 6.17. The van der Waals surface area contributed by atoms with Crippen LogP contribution >= 0.6 is 0 Å². The molecule has 2 aromatic heterocycles. The summed E-state index contributed by atoms with van der Waals surface area (Å²) < 4.78 is 31.1. The zero-order valence-corrected chi connectivity index (χ0v) is 36.0. The van der Waals surface area contributed by atoms with Crippen LogP contribution in [0.4, 0.5) is 0 Å². The number of carboxylic acid groups (broad SMARTS) is 1. The van der Waals surface area contributed by atoms with Crippen LogP contribution in [0.3, 0.4) is 0 Å². The number of hydrazine groups is 2. The van der Waals surface area contributed by atoms with Crippen molar-refractivity contribution < 1.29 is 52.7 Å². The Morgan fingerprint density at radius 3 is 1.06 bits per heavy atom. The molecular formula is C48H44N6O11. The molecule has 8 aromatic rings. The van der Waals surface area contributed by atoms with E-state index in [0.717, 1.165) is 0 Å². The van der Waals surface area contributed by atoms with E-state index in [1.54, 1.807) is 12.1 Å². The second kappa shape index (κ2) is 20.9. The number of nitrogens with two attached hydrogens (primary N) is 1. The summed E-state index contributed by atoms with van der Waals surface area (Å²) in [6, 6.07) is 35.4. The number of benzene rings is 6. The molecule has 65 heavy (non-hydrogen) atoms. The van der Waals surface area contributed by atoms with Crippen molar-refractivity contribution in [3.05, 3.63) is 144 Å². The normalized spacial score (nSPS) is 10.4. The third kappa shape index (κ3) is 9.85. The summed E-state index contributed by atoms with van der Waals surface area (Å²) in [5.41, 5.74) is 11.1. The number of aromatic nitrogens is 2. The van der Waals surface area contributed by atoms with Crippen LogP contribution in [0.5, 0.6) is 34.5 Å². The van der Waals surface area contributed by atoms with Gasteiger partial charge in [-0.2, -0.15) is 0 Å². The number of hydrogen-bond acceptors (Lipinski definition) is 13. The lowest BCUT2D eigenvalue weighted by Gasteiger charge is -2.15. The van der Waals surface area contributed by atoms with Crippen molar-refractivity contribution in [1.29, 1.82) is 0 Å². The quantitative estimate of drug-likeness (QED) is 0.0408. The van der Waals surface area contributed by atoms with Crippen LogP contribution < -0.4 is 50.5 Å². The predicted octanol–water partition coefficient (Wildman–Crippen LogP) is 6.89. The minimum Gasteiger partial charge on any atom is -0.493 e. The van der Waals surface area contributed by atoms with Gasteiger partial charge in [0.2, 0.25) is 11.5 Å². The Hall–Kier alpha value is -8.70. The van der Waals surface area contributed by atoms with Crippen molar-refractivity contribution >= 4 is 67.3 Å². The minimum atomic E-state index is -0.917. The first-order chi connectivity index (χ1) is 31.5. The number of nitrogens with one attached hydrogen (secondary N) is 3. The zero-order chi connectivity index (χ0) is 46.6. The van der Waals surface area contributed by atoms with Gasteiger partial charge in [0.25, 0.3) is 17.7 Å². The van der Waals surface area contributed by atoms with Gasteiger partial charge in [0, 0.05) is 32.7 Å². The Balaban J connectivity index is 0.000000178. The fraction of sp³-hybridized carbons (Fsp3) is 0.125. The number of fused-ring (bicyclic) bond motifs is 4. The van der Waals surface area contributed by atoms with Crippen molar-refractivity contribution in [3.63, 3.8) is 0 Å². The second-order valence-corrected chi connectivity index (χ2v) is 13.6. The SMILES string of the molecule is COc1cc(C(=O)NN)cc(OC)c1OC.COc1cc(C(=O)NNC(=O)c2c3ccccc3nc3ccccc23)cc(OC)c1OC.O=C(O)c1c2ccccc2nc2ccccc12. The third-order valence-corrected chi connectivity index (χ3v) is 9.89. The van der Waals surface area contributed by atoms with Gasteiger partial charge in [0.05, 0.1) is 75.9 Å². The van der Waals surface area contributed by atoms with E-state index >= 15 is 0 Å². The second-order valence-electron chi connectivity index (χ2n) is 13.6. The average molecular weight is 881 g/mol. The Morgan fingerprint density at radius 1 is 0.446 bits per heavy atom. The number of para-hydroxylation sites is 4. The fourth-order valence-electron chi connectivity index (χ4n) is 6.91. The van der Waals surface area contributed by atoms with E-state index in [4.69, 9.17) is 34.3 Å². The monoisotopic (exact) mass is 880 g/mol. The standard InChI is InChI=1S/C24H21N3O5.C14H9NO2.C10H14N2O4/c1-30-19-12-14(13-20(31-2)22(19)32-3)23(28)26-27-24(29)21-15-8-4-6-10-17(15)25-18-11-7-5-9-16(18)21;16-14(17)13-9-5-1-3-7-11(9)15-12-8-4-2-6-10(12)13;1-14-7-4-6(10(13)12-11)5-8(15-2)9(7)16-3/h4-13H,1-3H3,(H,26,28)(H,27,29);1-8H,(H,16,17);4-5H,11H2,1-3H3,(H,12,13). The maximum absolute atomic E-state index is 13.1. The van der Waals surface area contributed by atoms with Crippen molar-refractivity contribution in [2.45, 2.75) is 0 Å². The highest BCUT2D eigenvalue weighted by atomic mass is 16.5. The first-order valence-corrected chi connectivity index (χ1v) is 19.5. The molecule has 17 nitrogen and oxygen atoms in total.